The summed E-state index contributed by atoms with van der Waals surface area (Å²) in [5.74, 6) is 0.869. The van der Waals surface area contributed by atoms with Crippen LogP contribution in [0.2, 0.25) is 0 Å². The van der Waals surface area contributed by atoms with Crippen LogP contribution in [0.15, 0.2) is 24.3 Å². The van der Waals surface area contributed by atoms with E-state index in [-0.39, 0.29) is 18.7 Å². The number of rotatable bonds is 7. The summed E-state index contributed by atoms with van der Waals surface area (Å²) in [5, 5.41) is 9.30. The first-order valence-corrected chi connectivity index (χ1v) is 6.94. The maximum Gasteiger partial charge on any atom is 0.123 e. The number of methoxy groups -OCH3 is 1. The summed E-state index contributed by atoms with van der Waals surface area (Å²) in [6.07, 6.45) is 2.39. The Hall–Kier alpha value is -1.10. The fourth-order valence-corrected chi connectivity index (χ4v) is 2.75. The van der Waals surface area contributed by atoms with Gasteiger partial charge in [0.15, 0.2) is 0 Å². The van der Waals surface area contributed by atoms with E-state index in [9.17, 15) is 5.11 Å². The largest absolute Gasteiger partial charge is 0.496 e. The van der Waals surface area contributed by atoms with E-state index in [0.29, 0.717) is 12.6 Å². The van der Waals surface area contributed by atoms with Crippen LogP contribution in [-0.4, -0.2) is 42.4 Å². The van der Waals surface area contributed by atoms with Gasteiger partial charge in [0.05, 0.1) is 19.8 Å². The Morgan fingerprint density at radius 3 is 2.63 bits per heavy atom. The van der Waals surface area contributed by atoms with Crippen LogP contribution in [0.5, 0.6) is 5.75 Å². The van der Waals surface area contributed by atoms with Gasteiger partial charge in [-0.25, -0.2) is 0 Å². The number of aliphatic hydroxyl groups is 1. The SMILES string of the molecule is COc1ccccc1C(C(C)N)N(CCO)C1CC1. The lowest BCUT2D eigenvalue weighted by Gasteiger charge is -2.35. The maximum absolute atomic E-state index is 9.30. The van der Waals surface area contributed by atoms with Crippen molar-refractivity contribution in [3.8, 4) is 5.75 Å². The number of para-hydroxylation sites is 1. The number of ether oxygens (including phenoxy) is 1. The molecule has 106 valence electrons. The highest BCUT2D eigenvalue weighted by atomic mass is 16.5. The molecule has 0 aliphatic heterocycles. The molecule has 3 N–H and O–H groups in total. The van der Waals surface area contributed by atoms with E-state index in [0.717, 1.165) is 11.3 Å². The average molecular weight is 264 g/mol. The van der Waals surface area contributed by atoms with E-state index in [1.54, 1.807) is 7.11 Å². The normalized spacial score (nSPS) is 18.4. The lowest BCUT2D eigenvalue weighted by atomic mass is 9.97. The lowest BCUT2D eigenvalue weighted by molar-refractivity contribution is 0.127. The van der Waals surface area contributed by atoms with Gasteiger partial charge < -0.3 is 15.6 Å². The zero-order chi connectivity index (χ0) is 13.8. The Bertz CT molecular complexity index is 405. The number of hydrogen-bond acceptors (Lipinski definition) is 4. The molecular formula is C15H24N2O2. The zero-order valence-electron chi connectivity index (χ0n) is 11.7. The Morgan fingerprint density at radius 2 is 2.11 bits per heavy atom. The van der Waals surface area contributed by atoms with Crippen LogP contribution in [0.25, 0.3) is 0 Å². The van der Waals surface area contributed by atoms with Crippen LogP contribution in [-0.2, 0) is 0 Å². The molecule has 2 atom stereocenters. The summed E-state index contributed by atoms with van der Waals surface area (Å²) in [6.45, 7) is 2.84. The van der Waals surface area contributed by atoms with Gasteiger partial charge in [-0.3, -0.25) is 4.90 Å². The molecule has 2 unspecified atom stereocenters. The van der Waals surface area contributed by atoms with Gasteiger partial charge in [0, 0.05) is 24.2 Å². The third-order valence-electron chi connectivity index (χ3n) is 3.69. The molecule has 0 aromatic heterocycles. The summed E-state index contributed by atoms with van der Waals surface area (Å²) in [6, 6.07) is 8.65. The van der Waals surface area contributed by atoms with Crippen molar-refractivity contribution in [2.75, 3.05) is 20.3 Å². The van der Waals surface area contributed by atoms with Crippen LogP contribution < -0.4 is 10.5 Å². The molecule has 1 fully saturated rings. The minimum absolute atomic E-state index is 0.0107. The Balaban J connectivity index is 2.32. The molecule has 1 saturated carbocycles. The first kappa shape index (κ1) is 14.3. The van der Waals surface area contributed by atoms with Gasteiger partial charge in [-0.1, -0.05) is 18.2 Å². The number of aliphatic hydroxyl groups excluding tert-OH is 1. The second-order valence-electron chi connectivity index (χ2n) is 5.24. The highest BCUT2D eigenvalue weighted by molar-refractivity contribution is 5.37. The summed E-state index contributed by atoms with van der Waals surface area (Å²) in [5.41, 5.74) is 7.32. The lowest BCUT2D eigenvalue weighted by Crippen LogP contribution is -2.42. The molecule has 2 rings (SSSR count). The van der Waals surface area contributed by atoms with E-state index in [1.165, 1.54) is 12.8 Å². The van der Waals surface area contributed by atoms with E-state index in [2.05, 4.69) is 11.0 Å². The maximum atomic E-state index is 9.30. The van der Waals surface area contributed by atoms with Crippen molar-refractivity contribution >= 4 is 0 Å². The highest BCUT2D eigenvalue weighted by Crippen LogP contribution is 2.38. The van der Waals surface area contributed by atoms with Gasteiger partial charge in [0.2, 0.25) is 0 Å². The molecule has 0 amide bonds. The van der Waals surface area contributed by atoms with Crippen LogP contribution in [0.3, 0.4) is 0 Å². The molecule has 0 saturated heterocycles. The fraction of sp³-hybridized carbons (Fsp3) is 0.600. The molecule has 0 heterocycles. The van der Waals surface area contributed by atoms with Crippen LogP contribution >= 0.6 is 0 Å². The Labute approximate surface area is 115 Å². The van der Waals surface area contributed by atoms with Gasteiger partial charge in [0.25, 0.3) is 0 Å². The fourth-order valence-electron chi connectivity index (χ4n) is 2.75. The minimum atomic E-state index is -0.0107. The zero-order valence-corrected chi connectivity index (χ0v) is 11.7. The molecule has 4 heteroatoms. The molecule has 1 aliphatic carbocycles. The monoisotopic (exact) mass is 264 g/mol. The molecule has 4 nitrogen and oxygen atoms in total. The van der Waals surface area contributed by atoms with Crippen LogP contribution in [0.4, 0.5) is 0 Å². The van der Waals surface area contributed by atoms with Crippen molar-refractivity contribution in [2.45, 2.75) is 37.9 Å². The highest BCUT2D eigenvalue weighted by Gasteiger charge is 2.36. The van der Waals surface area contributed by atoms with E-state index in [1.807, 2.05) is 25.1 Å². The van der Waals surface area contributed by atoms with Crippen molar-refractivity contribution in [2.24, 2.45) is 5.73 Å². The van der Waals surface area contributed by atoms with Gasteiger partial charge >= 0.3 is 0 Å². The second kappa shape index (κ2) is 6.37. The summed E-state index contributed by atoms with van der Waals surface area (Å²) in [4.78, 5) is 2.32. The first-order valence-electron chi connectivity index (χ1n) is 6.94. The molecule has 1 aliphatic rings. The van der Waals surface area contributed by atoms with Crippen molar-refractivity contribution in [1.29, 1.82) is 0 Å². The van der Waals surface area contributed by atoms with Crippen LogP contribution in [0.1, 0.15) is 31.4 Å². The topological polar surface area (TPSA) is 58.7 Å². The minimum Gasteiger partial charge on any atom is -0.496 e. The smallest absolute Gasteiger partial charge is 0.123 e. The third-order valence-corrected chi connectivity index (χ3v) is 3.69. The predicted octanol–water partition coefficient (Wildman–Crippen LogP) is 1.54. The van der Waals surface area contributed by atoms with E-state index in [4.69, 9.17) is 10.5 Å². The van der Waals surface area contributed by atoms with E-state index < -0.39 is 0 Å². The van der Waals surface area contributed by atoms with Gasteiger partial charge in [-0.05, 0) is 25.8 Å². The molecular weight excluding hydrogens is 240 g/mol. The van der Waals surface area contributed by atoms with Gasteiger partial charge in [-0.15, -0.1) is 0 Å². The standard InChI is InChI=1S/C15H24N2O2/c1-11(16)15(17(9-10-18)12-7-8-12)13-5-3-4-6-14(13)19-2/h3-6,11-12,15,18H,7-10,16H2,1-2H3. The molecule has 0 bridgehead atoms. The second-order valence-corrected chi connectivity index (χ2v) is 5.24. The number of benzene rings is 1. The summed E-state index contributed by atoms with van der Waals surface area (Å²) in [7, 11) is 1.69. The molecule has 19 heavy (non-hydrogen) atoms. The van der Waals surface area contributed by atoms with Crippen LogP contribution in [0, 0.1) is 0 Å². The number of nitrogens with two attached hydrogens (primary N) is 1. The summed E-state index contributed by atoms with van der Waals surface area (Å²) >= 11 is 0. The van der Waals surface area contributed by atoms with Crippen molar-refractivity contribution in [3.05, 3.63) is 29.8 Å². The predicted molar refractivity (Wildman–Crippen MR) is 76.2 cm³/mol. The number of hydrogen-bond donors (Lipinski definition) is 2. The Morgan fingerprint density at radius 1 is 1.42 bits per heavy atom. The summed E-state index contributed by atoms with van der Waals surface area (Å²) < 4.78 is 5.46. The number of nitrogens with zero attached hydrogens (tertiary/aromatic N) is 1. The molecule has 0 radical (unpaired) electrons. The van der Waals surface area contributed by atoms with Gasteiger partial charge in [-0.2, -0.15) is 0 Å². The van der Waals surface area contributed by atoms with Gasteiger partial charge in [0.1, 0.15) is 5.75 Å². The van der Waals surface area contributed by atoms with Crippen molar-refractivity contribution < 1.29 is 9.84 Å². The van der Waals surface area contributed by atoms with Crippen molar-refractivity contribution in [3.63, 3.8) is 0 Å². The Kier molecular flexibility index (Phi) is 4.80. The molecule has 1 aromatic carbocycles. The van der Waals surface area contributed by atoms with E-state index >= 15 is 0 Å². The molecule has 1 aromatic rings. The quantitative estimate of drug-likeness (QED) is 0.784. The average Bonchev–Trinajstić information content (AvgIpc) is 3.22. The first-order chi connectivity index (χ1) is 9.19. The molecule has 0 spiro atoms. The van der Waals surface area contributed by atoms with Crippen molar-refractivity contribution in [1.82, 2.24) is 4.90 Å². The third kappa shape index (κ3) is 3.26.